The minimum absolute atomic E-state index is 0.318. The predicted octanol–water partition coefficient (Wildman–Crippen LogP) is 2.89. The molecule has 2 rings (SSSR count). The van der Waals surface area contributed by atoms with E-state index in [0.29, 0.717) is 5.92 Å². The number of methoxy groups -OCH3 is 2. The number of hydrogen-bond acceptors (Lipinski definition) is 3. The summed E-state index contributed by atoms with van der Waals surface area (Å²) in [6, 6.07) is 2.09. The summed E-state index contributed by atoms with van der Waals surface area (Å²) in [6.45, 7) is 3.74. The van der Waals surface area contributed by atoms with Crippen molar-refractivity contribution in [2.24, 2.45) is 0 Å². The van der Waals surface area contributed by atoms with Crippen LogP contribution in [0, 0.1) is 0 Å². The fourth-order valence-electron chi connectivity index (χ4n) is 1.91. The van der Waals surface area contributed by atoms with Crippen molar-refractivity contribution < 1.29 is 9.47 Å². The third-order valence-corrected chi connectivity index (χ3v) is 2.90. The van der Waals surface area contributed by atoms with E-state index in [4.69, 9.17) is 9.47 Å². The van der Waals surface area contributed by atoms with Crippen LogP contribution >= 0.6 is 0 Å². The van der Waals surface area contributed by atoms with Crippen LogP contribution in [0.5, 0.6) is 0 Å². The van der Waals surface area contributed by atoms with Crippen molar-refractivity contribution in [3.8, 4) is 0 Å². The van der Waals surface area contributed by atoms with E-state index < -0.39 is 0 Å². The zero-order valence-corrected chi connectivity index (χ0v) is 9.77. The summed E-state index contributed by atoms with van der Waals surface area (Å²) in [7, 11) is 3.29. The van der Waals surface area contributed by atoms with Gasteiger partial charge >= 0.3 is 0 Å². The quantitative estimate of drug-likeness (QED) is 0.713. The Bertz CT molecular complexity index is 382. The molecule has 0 saturated heterocycles. The van der Waals surface area contributed by atoms with Gasteiger partial charge in [-0.2, -0.15) is 0 Å². The smallest absolute Gasteiger partial charge is 0.184 e. The van der Waals surface area contributed by atoms with Crippen LogP contribution in [-0.2, 0) is 9.47 Å². The van der Waals surface area contributed by atoms with Gasteiger partial charge in [-0.25, -0.2) is 0 Å². The first kappa shape index (κ1) is 11.3. The van der Waals surface area contributed by atoms with Crippen molar-refractivity contribution in [1.29, 1.82) is 0 Å². The Kier molecular flexibility index (Phi) is 3.36. The van der Waals surface area contributed by atoms with Gasteiger partial charge in [0, 0.05) is 26.0 Å². The van der Waals surface area contributed by atoms with Gasteiger partial charge in [-0.15, -0.1) is 0 Å². The molecule has 0 spiro atoms. The number of ether oxygens (including phenoxy) is 2. The number of hydrogen-bond donors (Lipinski definition) is 0. The largest absolute Gasteiger partial charge is 0.352 e. The predicted molar refractivity (Wildman–Crippen MR) is 63.1 cm³/mol. The Morgan fingerprint density at radius 2 is 2.12 bits per heavy atom. The maximum atomic E-state index is 5.29. The SMILES string of the molecule is C=Cc1cc(C2CC2)c(C(OC)OC)cn1. The van der Waals surface area contributed by atoms with Crippen LogP contribution in [0.25, 0.3) is 6.08 Å². The first-order valence-electron chi connectivity index (χ1n) is 5.48. The van der Waals surface area contributed by atoms with Crippen LogP contribution in [0.3, 0.4) is 0 Å². The van der Waals surface area contributed by atoms with E-state index in [-0.39, 0.29) is 6.29 Å². The van der Waals surface area contributed by atoms with E-state index in [9.17, 15) is 0 Å². The van der Waals surface area contributed by atoms with Crippen LogP contribution in [0.2, 0.25) is 0 Å². The molecule has 0 radical (unpaired) electrons. The lowest BCUT2D eigenvalue weighted by Crippen LogP contribution is -2.08. The van der Waals surface area contributed by atoms with Gasteiger partial charge in [0.25, 0.3) is 0 Å². The molecule has 1 fully saturated rings. The lowest BCUT2D eigenvalue weighted by molar-refractivity contribution is -0.106. The Morgan fingerprint density at radius 1 is 1.44 bits per heavy atom. The number of pyridine rings is 1. The van der Waals surface area contributed by atoms with Gasteiger partial charge in [0.05, 0.1) is 5.69 Å². The van der Waals surface area contributed by atoms with Crippen molar-refractivity contribution in [3.05, 3.63) is 35.7 Å². The van der Waals surface area contributed by atoms with Gasteiger partial charge < -0.3 is 9.47 Å². The maximum absolute atomic E-state index is 5.29. The summed E-state index contributed by atoms with van der Waals surface area (Å²) in [4.78, 5) is 4.31. The lowest BCUT2D eigenvalue weighted by Gasteiger charge is -2.17. The highest BCUT2D eigenvalue weighted by Crippen LogP contribution is 2.43. The van der Waals surface area contributed by atoms with Crippen LogP contribution < -0.4 is 0 Å². The Hall–Kier alpha value is -1.19. The minimum Gasteiger partial charge on any atom is -0.352 e. The summed E-state index contributed by atoms with van der Waals surface area (Å²) >= 11 is 0. The second-order valence-electron chi connectivity index (χ2n) is 4.02. The Labute approximate surface area is 96.1 Å². The second-order valence-corrected chi connectivity index (χ2v) is 4.02. The third kappa shape index (κ3) is 2.15. The highest BCUT2D eigenvalue weighted by atomic mass is 16.7. The van der Waals surface area contributed by atoms with E-state index in [1.165, 1.54) is 18.4 Å². The van der Waals surface area contributed by atoms with Crippen LogP contribution in [0.4, 0.5) is 0 Å². The molecule has 0 aromatic carbocycles. The first-order valence-corrected chi connectivity index (χ1v) is 5.48. The molecule has 0 unspecified atom stereocenters. The minimum atomic E-state index is -0.318. The molecular formula is C13H17NO2. The number of aromatic nitrogens is 1. The summed E-state index contributed by atoms with van der Waals surface area (Å²) in [5.41, 5.74) is 3.24. The molecule has 3 nitrogen and oxygen atoms in total. The summed E-state index contributed by atoms with van der Waals surface area (Å²) in [6.07, 6.45) is 5.77. The van der Waals surface area contributed by atoms with Crippen LogP contribution in [0.15, 0.2) is 18.8 Å². The van der Waals surface area contributed by atoms with Crippen molar-refractivity contribution >= 4 is 6.08 Å². The molecule has 0 amide bonds. The molecule has 0 aliphatic heterocycles. The molecule has 3 heteroatoms. The molecule has 1 saturated carbocycles. The van der Waals surface area contributed by atoms with E-state index in [0.717, 1.165) is 11.3 Å². The van der Waals surface area contributed by atoms with Gasteiger partial charge in [-0.05, 0) is 36.5 Å². The van der Waals surface area contributed by atoms with Crippen molar-refractivity contribution in [2.75, 3.05) is 14.2 Å². The molecule has 16 heavy (non-hydrogen) atoms. The Morgan fingerprint density at radius 3 is 2.62 bits per heavy atom. The molecule has 0 bridgehead atoms. The number of rotatable bonds is 5. The normalized spacial score (nSPS) is 15.4. The Balaban J connectivity index is 2.38. The highest BCUT2D eigenvalue weighted by Gasteiger charge is 2.29. The van der Waals surface area contributed by atoms with Crippen LogP contribution in [0.1, 0.15) is 41.9 Å². The average molecular weight is 219 g/mol. The molecule has 0 atom stereocenters. The van der Waals surface area contributed by atoms with E-state index >= 15 is 0 Å². The van der Waals surface area contributed by atoms with Gasteiger partial charge in [0.15, 0.2) is 6.29 Å². The van der Waals surface area contributed by atoms with Crippen molar-refractivity contribution in [1.82, 2.24) is 4.98 Å². The van der Waals surface area contributed by atoms with Crippen molar-refractivity contribution in [3.63, 3.8) is 0 Å². The molecule has 0 N–H and O–H groups in total. The van der Waals surface area contributed by atoms with E-state index in [1.807, 2.05) is 6.20 Å². The maximum Gasteiger partial charge on any atom is 0.184 e. The summed E-state index contributed by atoms with van der Waals surface area (Å²) < 4.78 is 10.6. The van der Waals surface area contributed by atoms with E-state index in [1.54, 1.807) is 20.3 Å². The third-order valence-electron chi connectivity index (χ3n) is 2.90. The zero-order valence-electron chi connectivity index (χ0n) is 9.77. The summed E-state index contributed by atoms with van der Waals surface area (Å²) in [5, 5.41) is 0. The number of nitrogens with zero attached hydrogens (tertiary/aromatic N) is 1. The molecule has 86 valence electrons. The highest BCUT2D eigenvalue weighted by molar-refractivity contribution is 5.46. The topological polar surface area (TPSA) is 31.4 Å². The lowest BCUT2D eigenvalue weighted by atomic mass is 10.0. The fraction of sp³-hybridized carbons (Fsp3) is 0.462. The van der Waals surface area contributed by atoms with Gasteiger partial charge in [0.2, 0.25) is 0 Å². The second kappa shape index (κ2) is 4.76. The standard InChI is InChI=1S/C13H17NO2/c1-4-10-7-11(9-5-6-9)12(8-14-10)13(15-2)16-3/h4,7-9,13H,1,5-6H2,2-3H3. The summed E-state index contributed by atoms with van der Waals surface area (Å²) in [5.74, 6) is 0.643. The molecule has 1 heterocycles. The van der Waals surface area contributed by atoms with Crippen molar-refractivity contribution in [2.45, 2.75) is 25.0 Å². The molecule has 1 aliphatic carbocycles. The molecular weight excluding hydrogens is 202 g/mol. The average Bonchev–Trinajstić information content (AvgIpc) is 3.15. The van der Waals surface area contributed by atoms with Gasteiger partial charge in [-0.1, -0.05) is 6.58 Å². The zero-order chi connectivity index (χ0) is 11.5. The van der Waals surface area contributed by atoms with Gasteiger partial charge in [-0.3, -0.25) is 4.98 Å². The monoisotopic (exact) mass is 219 g/mol. The molecule has 1 aromatic heterocycles. The van der Waals surface area contributed by atoms with Gasteiger partial charge in [0.1, 0.15) is 0 Å². The van der Waals surface area contributed by atoms with E-state index in [2.05, 4.69) is 17.6 Å². The fourth-order valence-corrected chi connectivity index (χ4v) is 1.91. The first-order chi connectivity index (χ1) is 7.80. The van der Waals surface area contributed by atoms with Crippen LogP contribution in [-0.4, -0.2) is 19.2 Å². The molecule has 1 aliphatic rings. The molecule has 1 aromatic rings.